The van der Waals surface area contributed by atoms with E-state index >= 15 is 17.6 Å². The molecule has 0 saturated heterocycles. The van der Waals surface area contributed by atoms with E-state index in [1.165, 1.54) is 60.7 Å². The summed E-state index contributed by atoms with van der Waals surface area (Å²) in [5, 5.41) is 0. The van der Waals surface area contributed by atoms with E-state index in [9.17, 15) is 52.2 Å². The zero-order valence-corrected chi connectivity index (χ0v) is 42.0. The Hall–Kier alpha value is -8.16. The number of rotatable bonds is 17. The average molecular weight is 1130 g/mol. The van der Waals surface area contributed by atoms with Crippen molar-refractivity contribution in [2.24, 2.45) is 0 Å². The molecule has 0 atom stereocenters. The molecule has 0 aliphatic carbocycles. The Bertz CT molecular complexity index is 3940. The van der Waals surface area contributed by atoms with Gasteiger partial charge in [0.1, 0.15) is 54.9 Å². The largest absolute Gasteiger partial charge is 0.497 e. The first-order valence-corrected chi connectivity index (χ1v) is 26.3. The second-order valence-electron chi connectivity index (χ2n) is 16.4. The van der Waals surface area contributed by atoms with Crippen molar-refractivity contribution in [1.82, 2.24) is 0 Å². The van der Waals surface area contributed by atoms with Crippen LogP contribution in [0.3, 0.4) is 0 Å². The predicted octanol–water partition coefficient (Wildman–Crippen LogP) is 12.6. The van der Waals surface area contributed by atoms with Crippen LogP contribution in [0.1, 0.15) is 27.0 Å². The predicted molar refractivity (Wildman–Crippen MR) is 259 cm³/mol. The summed E-state index contributed by atoms with van der Waals surface area (Å²) >= 11 is 0. The highest BCUT2D eigenvalue weighted by Crippen LogP contribution is 2.41. The van der Waals surface area contributed by atoms with Crippen LogP contribution < -0.4 is 18.9 Å². The second-order valence-corrected chi connectivity index (χ2v) is 21.4. The third kappa shape index (κ3) is 11.2. The fourth-order valence-electron chi connectivity index (χ4n) is 7.59. The molecule has 8 rings (SSSR count). The summed E-state index contributed by atoms with van der Waals surface area (Å²) in [6.45, 7) is 0.523. The number of hydrogen-bond donors (Lipinski definition) is 1. The summed E-state index contributed by atoms with van der Waals surface area (Å²) in [7, 11) is -13.1. The SMILES string of the molecule is COc1ccc(-c2ccc(Oc3ccc(C(=O)c4ccc(Oc5ccc(-c6ccc(Oc7c(F)c(F)c(S(=O)(=O)c8c(F)c(F)c(C)c(F)c8F)c(F)c7F)cc6)cc5)c(CS(=O)(=O)O)c4)cc3S(=O)(=O)OC)cc2)cc1. The maximum atomic E-state index is 15.2. The normalized spacial score (nSPS) is 11.8. The van der Waals surface area contributed by atoms with E-state index in [-0.39, 0.29) is 39.7 Å². The number of carbonyl (C=O) groups is 1. The Balaban J connectivity index is 0.989. The maximum Gasteiger partial charge on any atom is 0.300 e. The van der Waals surface area contributed by atoms with E-state index in [2.05, 4.69) is 0 Å². The lowest BCUT2D eigenvalue weighted by Crippen LogP contribution is -2.17. The highest BCUT2D eigenvalue weighted by atomic mass is 32.2. The van der Waals surface area contributed by atoms with Gasteiger partial charge in [-0.15, -0.1) is 0 Å². The minimum Gasteiger partial charge on any atom is -0.497 e. The van der Waals surface area contributed by atoms with Crippen molar-refractivity contribution in [2.45, 2.75) is 27.4 Å². The summed E-state index contributed by atoms with van der Waals surface area (Å²) in [6.07, 6.45) is 0. The highest BCUT2D eigenvalue weighted by molar-refractivity contribution is 7.91. The van der Waals surface area contributed by atoms with E-state index in [0.29, 0.717) is 23.8 Å². The number of halogens is 8. The van der Waals surface area contributed by atoms with Crippen LogP contribution in [0.15, 0.2) is 148 Å². The first-order chi connectivity index (χ1) is 36.3. The summed E-state index contributed by atoms with van der Waals surface area (Å²) in [5.74, 6) is -23.6. The van der Waals surface area contributed by atoms with Gasteiger partial charge in [-0.3, -0.25) is 13.5 Å². The maximum absolute atomic E-state index is 15.2. The molecular formula is C53H34F8O13S3. The molecule has 0 aliphatic heterocycles. The number of benzene rings is 8. The fraction of sp³-hybridized carbons (Fsp3) is 0.0755. The molecule has 13 nitrogen and oxygen atoms in total. The topological polar surface area (TPSA) is 186 Å². The van der Waals surface area contributed by atoms with Gasteiger partial charge in [0.05, 0.1) is 14.2 Å². The van der Waals surface area contributed by atoms with Crippen LogP contribution in [0.2, 0.25) is 0 Å². The van der Waals surface area contributed by atoms with Crippen molar-refractivity contribution in [3.63, 3.8) is 0 Å². The van der Waals surface area contributed by atoms with Gasteiger partial charge in [-0.1, -0.05) is 48.5 Å². The van der Waals surface area contributed by atoms with Crippen molar-refractivity contribution in [2.75, 3.05) is 14.2 Å². The van der Waals surface area contributed by atoms with Gasteiger partial charge in [-0.05, 0) is 114 Å². The first kappa shape index (κ1) is 55.1. The molecule has 1 N–H and O–H groups in total. The van der Waals surface area contributed by atoms with Crippen LogP contribution in [0.4, 0.5) is 35.1 Å². The summed E-state index contributed by atoms with van der Waals surface area (Å²) in [6, 6.07) is 31.7. The summed E-state index contributed by atoms with van der Waals surface area (Å²) in [4.78, 5) is 8.24. The molecular weight excluding hydrogens is 1090 g/mol. The Kier molecular flexibility index (Phi) is 15.4. The number of ether oxygens (including phenoxy) is 4. The highest BCUT2D eigenvalue weighted by Gasteiger charge is 2.41. The van der Waals surface area contributed by atoms with Crippen LogP contribution in [-0.4, -0.2) is 49.8 Å². The fourth-order valence-corrected chi connectivity index (χ4v) is 10.5. The van der Waals surface area contributed by atoms with Gasteiger partial charge in [-0.25, -0.2) is 34.8 Å². The molecule has 24 heteroatoms. The van der Waals surface area contributed by atoms with Gasteiger partial charge in [0, 0.05) is 22.3 Å². The molecule has 0 fully saturated rings. The van der Waals surface area contributed by atoms with Gasteiger partial charge in [0.15, 0.2) is 40.7 Å². The molecule has 0 heterocycles. The van der Waals surface area contributed by atoms with Gasteiger partial charge in [0.25, 0.3) is 20.2 Å². The number of ketones is 1. The molecule has 8 aromatic carbocycles. The lowest BCUT2D eigenvalue weighted by atomic mass is 10.0. The molecule has 398 valence electrons. The molecule has 0 bridgehead atoms. The third-order valence-corrected chi connectivity index (χ3v) is 15.3. The van der Waals surface area contributed by atoms with E-state index in [1.54, 1.807) is 43.5 Å². The molecule has 77 heavy (non-hydrogen) atoms. The van der Waals surface area contributed by atoms with Crippen molar-refractivity contribution in [1.29, 1.82) is 0 Å². The Morgan fingerprint density at radius 3 is 1.26 bits per heavy atom. The monoisotopic (exact) mass is 1130 g/mol. The Morgan fingerprint density at radius 1 is 0.468 bits per heavy atom. The van der Waals surface area contributed by atoms with Crippen molar-refractivity contribution >= 4 is 35.9 Å². The van der Waals surface area contributed by atoms with E-state index < -0.39 is 120 Å². The average Bonchev–Trinajstić information content (AvgIpc) is 3.41. The zero-order valence-electron chi connectivity index (χ0n) is 39.5. The quantitative estimate of drug-likeness (QED) is 0.0299. The van der Waals surface area contributed by atoms with E-state index in [4.69, 9.17) is 23.1 Å². The molecule has 0 saturated carbocycles. The van der Waals surface area contributed by atoms with Gasteiger partial charge >= 0.3 is 0 Å². The number of sulfone groups is 1. The zero-order chi connectivity index (χ0) is 55.9. The van der Waals surface area contributed by atoms with Crippen LogP contribution in [-0.2, 0) is 40.0 Å². The summed E-state index contributed by atoms with van der Waals surface area (Å²) < 4.78 is 231. The van der Waals surface area contributed by atoms with E-state index in [1.807, 2.05) is 12.1 Å². The lowest BCUT2D eigenvalue weighted by Gasteiger charge is -2.15. The molecule has 0 spiro atoms. The minimum absolute atomic E-state index is 0.0910. The molecule has 8 aromatic rings. The van der Waals surface area contributed by atoms with Crippen LogP contribution in [0.5, 0.6) is 40.2 Å². The minimum atomic E-state index is -6.36. The van der Waals surface area contributed by atoms with Gasteiger partial charge < -0.3 is 18.9 Å². The standard InChI is InChI=1S/C53H34F8O13S3/c1-27-42(54)46(58)52(47(59)43(27)55)76(66,67)53-48(60)44(56)51(45(57)49(53)61)74-38-20-10-31(11-21-38)30-6-16-36(17-7-30)72-39-22-12-32(24-34(39)26-75(63,64)65)50(62)33-13-23-40(41(25-33)77(68,69)71-3)73-37-18-8-29(9-19-37)28-4-14-35(70-2)15-5-28/h4-25H,26H2,1-3H3,(H,63,64,65). The van der Waals surface area contributed by atoms with Crippen molar-refractivity contribution in [3.05, 3.63) is 202 Å². The van der Waals surface area contributed by atoms with Gasteiger partial charge in [0.2, 0.25) is 27.2 Å². The lowest BCUT2D eigenvalue weighted by molar-refractivity contribution is 0.103. The number of methoxy groups -OCH3 is 1. The van der Waals surface area contributed by atoms with Crippen LogP contribution in [0, 0.1) is 53.5 Å². The number of hydrogen-bond acceptors (Lipinski definition) is 12. The van der Waals surface area contributed by atoms with E-state index in [0.717, 1.165) is 42.5 Å². The van der Waals surface area contributed by atoms with Gasteiger partial charge in [-0.2, -0.15) is 25.6 Å². The first-order valence-electron chi connectivity index (χ1n) is 21.8. The Labute approximate surface area is 433 Å². The number of carbonyl (C=O) groups excluding carboxylic acids is 1. The van der Waals surface area contributed by atoms with Crippen molar-refractivity contribution < 1.29 is 92.9 Å². The molecule has 0 unspecified atom stereocenters. The summed E-state index contributed by atoms with van der Waals surface area (Å²) in [5.41, 5.74) is 0.667. The third-order valence-electron chi connectivity index (χ3n) is 11.5. The van der Waals surface area contributed by atoms with Crippen molar-refractivity contribution in [3.8, 4) is 62.5 Å². The smallest absolute Gasteiger partial charge is 0.300 e. The second kappa shape index (κ2) is 21.5. The van der Waals surface area contributed by atoms with Crippen LogP contribution in [0.25, 0.3) is 22.3 Å². The molecule has 0 aromatic heterocycles. The molecule has 0 aliphatic rings. The molecule has 0 radical (unpaired) electrons. The van der Waals surface area contributed by atoms with Crippen LogP contribution >= 0.6 is 0 Å². The Morgan fingerprint density at radius 2 is 0.844 bits per heavy atom. The molecule has 0 amide bonds.